The van der Waals surface area contributed by atoms with Gasteiger partial charge in [0.1, 0.15) is 16.7 Å². The summed E-state index contributed by atoms with van der Waals surface area (Å²) in [6, 6.07) is 36.3. The molecule has 2 aliphatic rings. The maximum Gasteiger partial charge on any atom is 0.227 e. The van der Waals surface area contributed by atoms with Crippen LogP contribution in [0.2, 0.25) is 0 Å². The van der Waals surface area contributed by atoms with E-state index in [0.717, 1.165) is 44.2 Å². The smallest absolute Gasteiger partial charge is 0.227 e. The van der Waals surface area contributed by atoms with Gasteiger partial charge in [-0.05, 0) is 63.7 Å². The molecule has 9 rings (SSSR count). The van der Waals surface area contributed by atoms with Crippen LogP contribution in [0.5, 0.6) is 0 Å². The number of para-hydroxylation sites is 1. The number of hydrogen-bond donors (Lipinski definition) is 0. The number of hydrogen-bond acceptors (Lipinski definition) is 3. The highest BCUT2D eigenvalue weighted by atomic mass is 16.4. The SMILES string of the molecule is C1=CC2c3ccccc3-c3ccc(-c4cccc(-c5nc6cc7oc8ccccc8c7cc6o5)c4)cc3C2C=C1. The predicted octanol–water partition coefficient (Wildman–Crippen LogP) is 10.0. The summed E-state index contributed by atoms with van der Waals surface area (Å²) < 4.78 is 12.4. The van der Waals surface area contributed by atoms with Gasteiger partial charge in [0.25, 0.3) is 0 Å². The fraction of sp³-hybridized carbons (Fsp3) is 0.0541. The first-order valence-electron chi connectivity index (χ1n) is 13.7. The average Bonchev–Trinajstić information content (AvgIpc) is 3.60. The molecule has 0 saturated carbocycles. The highest BCUT2D eigenvalue weighted by Gasteiger charge is 2.31. The summed E-state index contributed by atoms with van der Waals surface area (Å²) >= 11 is 0. The van der Waals surface area contributed by atoms with E-state index in [4.69, 9.17) is 13.8 Å². The number of oxazole rings is 1. The highest BCUT2D eigenvalue weighted by Crippen LogP contribution is 2.50. The second-order valence-corrected chi connectivity index (χ2v) is 10.7. The largest absolute Gasteiger partial charge is 0.456 e. The second-order valence-electron chi connectivity index (χ2n) is 10.7. The summed E-state index contributed by atoms with van der Waals surface area (Å²) in [5.74, 6) is 1.32. The fourth-order valence-corrected chi connectivity index (χ4v) is 6.60. The van der Waals surface area contributed by atoms with Gasteiger partial charge in [0.2, 0.25) is 5.89 Å². The summed E-state index contributed by atoms with van der Waals surface area (Å²) in [5.41, 5.74) is 12.0. The van der Waals surface area contributed by atoms with E-state index >= 15 is 0 Å². The molecule has 3 nitrogen and oxygen atoms in total. The number of rotatable bonds is 2. The molecule has 3 heteroatoms. The topological polar surface area (TPSA) is 39.2 Å². The molecular formula is C37H23NO2. The molecule has 40 heavy (non-hydrogen) atoms. The zero-order chi connectivity index (χ0) is 26.2. The van der Waals surface area contributed by atoms with Crippen LogP contribution in [0.1, 0.15) is 23.0 Å². The average molecular weight is 514 g/mol. The van der Waals surface area contributed by atoms with Crippen molar-refractivity contribution >= 4 is 33.0 Å². The summed E-state index contributed by atoms with van der Waals surface area (Å²) in [7, 11) is 0. The Balaban J connectivity index is 1.14. The minimum absolute atomic E-state index is 0.337. The molecular weight excluding hydrogens is 490 g/mol. The molecule has 0 bridgehead atoms. The van der Waals surface area contributed by atoms with Crippen LogP contribution < -0.4 is 0 Å². The van der Waals surface area contributed by atoms with E-state index in [1.165, 1.54) is 27.8 Å². The molecule has 2 aliphatic carbocycles. The van der Waals surface area contributed by atoms with Crippen molar-refractivity contribution in [3.8, 4) is 33.7 Å². The van der Waals surface area contributed by atoms with Gasteiger partial charge in [0.15, 0.2) is 5.58 Å². The van der Waals surface area contributed by atoms with E-state index in [1.54, 1.807) is 0 Å². The van der Waals surface area contributed by atoms with Crippen LogP contribution >= 0.6 is 0 Å². The molecule has 188 valence electrons. The van der Waals surface area contributed by atoms with Crippen LogP contribution in [0.25, 0.3) is 66.7 Å². The minimum atomic E-state index is 0.337. The lowest BCUT2D eigenvalue weighted by atomic mass is 9.69. The third kappa shape index (κ3) is 3.15. The van der Waals surface area contributed by atoms with Crippen molar-refractivity contribution in [3.63, 3.8) is 0 Å². The normalized spacial score (nSPS) is 17.3. The van der Waals surface area contributed by atoms with Gasteiger partial charge in [-0.3, -0.25) is 0 Å². The van der Waals surface area contributed by atoms with Gasteiger partial charge < -0.3 is 8.83 Å². The first-order valence-corrected chi connectivity index (χ1v) is 13.7. The van der Waals surface area contributed by atoms with E-state index in [1.807, 2.05) is 30.3 Å². The van der Waals surface area contributed by atoms with Gasteiger partial charge in [-0.15, -0.1) is 0 Å². The lowest BCUT2D eigenvalue weighted by Crippen LogP contribution is -2.16. The Hall–Kier alpha value is -5.15. The zero-order valence-electron chi connectivity index (χ0n) is 21.5. The Labute approximate surface area is 230 Å². The standard InChI is InChI=1S/C37H23NO2/c1-2-12-27-25(10-1)26-11-3-4-13-28(26)31-19-23(16-17-29(27)31)22-8-7-9-24(18-22)37-38-33-21-35-32(20-36(33)40-37)30-14-5-6-15-34(30)39-35/h1-21,26,28H. The van der Waals surface area contributed by atoms with E-state index in [0.29, 0.717) is 17.7 Å². The summed E-state index contributed by atoms with van der Waals surface area (Å²) in [5, 5.41) is 2.13. The maximum absolute atomic E-state index is 6.30. The monoisotopic (exact) mass is 513 g/mol. The Morgan fingerprint density at radius 3 is 2.23 bits per heavy atom. The lowest BCUT2D eigenvalue weighted by molar-refractivity contribution is 0.620. The third-order valence-electron chi connectivity index (χ3n) is 8.49. The Kier molecular flexibility index (Phi) is 4.44. The van der Waals surface area contributed by atoms with Crippen molar-refractivity contribution in [3.05, 3.63) is 139 Å². The van der Waals surface area contributed by atoms with Gasteiger partial charge in [0, 0.05) is 34.2 Å². The van der Waals surface area contributed by atoms with E-state index in [9.17, 15) is 0 Å². The van der Waals surface area contributed by atoms with Crippen molar-refractivity contribution in [1.82, 2.24) is 4.98 Å². The van der Waals surface area contributed by atoms with Gasteiger partial charge >= 0.3 is 0 Å². The number of aromatic nitrogens is 1. The molecule has 2 unspecified atom stereocenters. The molecule has 0 radical (unpaired) electrons. The van der Waals surface area contributed by atoms with Crippen LogP contribution in [-0.4, -0.2) is 4.98 Å². The zero-order valence-corrected chi connectivity index (χ0v) is 21.5. The molecule has 0 fully saturated rings. The maximum atomic E-state index is 6.30. The van der Waals surface area contributed by atoms with Crippen LogP contribution in [-0.2, 0) is 0 Å². The molecule has 7 aromatic rings. The Morgan fingerprint density at radius 1 is 0.500 bits per heavy atom. The second kappa shape index (κ2) is 8.17. The third-order valence-corrected chi connectivity index (χ3v) is 8.49. The van der Waals surface area contributed by atoms with E-state index in [-0.39, 0.29) is 0 Å². The van der Waals surface area contributed by atoms with Gasteiger partial charge in [-0.1, -0.05) is 91.0 Å². The van der Waals surface area contributed by atoms with Crippen molar-refractivity contribution in [1.29, 1.82) is 0 Å². The van der Waals surface area contributed by atoms with E-state index in [2.05, 4.69) is 97.1 Å². The van der Waals surface area contributed by atoms with Crippen LogP contribution in [0, 0.1) is 0 Å². The molecule has 0 N–H and O–H groups in total. The number of benzene rings is 5. The Morgan fingerprint density at radius 2 is 1.27 bits per heavy atom. The molecule has 2 atom stereocenters. The summed E-state index contributed by atoms with van der Waals surface area (Å²) in [6.45, 7) is 0. The molecule has 0 saturated heterocycles. The van der Waals surface area contributed by atoms with Gasteiger partial charge in [-0.25, -0.2) is 4.98 Å². The number of allylic oxidation sites excluding steroid dienone is 4. The molecule has 0 amide bonds. The van der Waals surface area contributed by atoms with Crippen molar-refractivity contribution in [2.75, 3.05) is 0 Å². The van der Waals surface area contributed by atoms with E-state index < -0.39 is 0 Å². The lowest BCUT2D eigenvalue weighted by Gasteiger charge is -2.34. The summed E-state index contributed by atoms with van der Waals surface area (Å²) in [6.07, 6.45) is 9.04. The number of fused-ring (bicyclic) bond motifs is 10. The molecule has 5 aromatic carbocycles. The van der Waals surface area contributed by atoms with Crippen molar-refractivity contribution < 1.29 is 8.83 Å². The first kappa shape index (κ1) is 21.7. The van der Waals surface area contributed by atoms with Crippen molar-refractivity contribution in [2.45, 2.75) is 11.8 Å². The molecule has 0 spiro atoms. The number of nitrogens with zero attached hydrogens (tertiary/aromatic N) is 1. The van der Waals surface area contributed by atoms with Crippen LogP contribution in [0.4, 0.5) is 0 Å². The highest BCUT2D eigenvalue weighted by molar-refractivity contribution is 6.08. The fourth-order valence-electron chi connectivity index (χ4n) is 6.60. The van der Waals surface area contributed by atoms with Crippen LogP contribution in [0.3, 0.4) is 0 Å². The van der Waals surface area contributed by atoms with Gasteiger partial charge in [0.05, 0.1) is 0 Å². The summed E-state index contributed by atoms with van der Waals surface area (Å²) in [4.78, 5) is 4.84. The number of furan rings is 1. The Bertz CT molecular complexity index is 2190. The van der Waals surface area contributed by atoms with Crippen LogP contribution in [0.15, 0.2) is 136 Å². The van der Waals surface area contributed by atoms with Gasteiger partial charge in [-0.2, -0.15) is 0 Å². The first-order chi connectivity index (χ1) is 19.8. The minimum Gasteiger partial charge on any atom is -0.456 e. The molecule has 2 aromatic heterocycles. The van der Waals surface area contributed by atoms with Crippen molar-refractivity contribution in [2.24, 2.45) is 0 Å². The molecule has 2 heterocycles. The quantitative estimate of drug-likeness (QED) is 0.231. The molecule has 0 aliphatic heterocycles. The predicted molar refractivity (Wildman–Crippen MR) is 161 cm³/mol.